The molecule has 3 aliphatic heterocycles. The second kappa shape index (κ2) is 36.0. The molecule has 2 amide bonds. The number of aliphatic hydroxyl groups excluding tert-OH is 3. The van der Waals surface area contributed by atoms with E-state index in [1.807, 2.05) is 0 Å². The number of methoxy groups -OCH3 is 2. The monoisotopic (exact) mass is 1220 g/mol. The fourth-order valence-electron chi connectivity index (χ4n) is 9.64. The predicted octanol–water partition coefficient (Wildman–Crippen LogP) is 6.94. The Bertz CT molecular complexity index is 3040. The largest absolute Gasteiger partial charge is 0.493 e. The van der Waals surface area contributed by atoms with Crippen LogP contribution in [0.25, 0.3) is 0 Å². The number of carboxylic acids is 1. The van der Waals surface area contributed by atoms with Crippen molar-refractivity contribution in [3.05, 3.63) is 123 Å². The number of nitrogens with zero attached hydrogens (tertiary/aromatic N) is 6. The van der Waals surface area contributed by atoms with Gasteiger partial charge in [-0.05, 0) is 127 Å². The van der Waals surface area contributed by atoms with Gasteiger partial charge >= 0.3 is 12.1 Å². The minimum Gasteiger partial charge on any atom is -0.493 e. The number of carboxylic acid groups (broad SMARTS) is 1. The third kappa shape index (κ3) is 20.6. The number of aromatic carboxylic acids is 1. The lowest BCUT2D eigenvalue weighted by Gasteiger charge is -2.23. The number of nitrogens with one attached hydrogen (secondary N) is 1. The maximum atomic E-state index is 13.1. The molecule has 0 spiro atoms. The van der Waals surface area contributed by atoms with Gasteiger partial charge in [-0.2, -0.15) is 9.59 Å². The molecule has 4 aromatic rings. The molecular weight excluding hydrogens is 1150 g/mol. The molecule has 0 unspecified atom stereocenters. The lowest BCUT2D eigenvalue weighted by molar-refractivity contribution is -0.385. The first-order valence-electron chi connectivity index (χ1n) is 27.9. The summed E-state index contributed by atoms with van der Waals surface area (Å²) in [5.41, 5.74) is -0.877. The summed E-state index contributed by atoms with van der Waals surface area (Å²) in [6.07, 6.45) is 9.09. The van der Waals surface area contributed by atoms with Crippen molar-refractivity contribution < 1.29 is 92.5 Å². The molecule has 3 atom stereocenters. The van der Waals surface area contributed by atoms with Crippen molar-refractivity contribution >= 4 is 46.7 Å². The van der Waals surface area contributed by atoms with Crippen molar-refractivity contribution in [1.82, 2.24) is 15.1 Å². The van der Waals surface area contributed by atoms with Gasteiger partial charge in [-0.3, -0.25) is 50.0 Å². The number of aliphatic hydroxyl groups is 3. The zero-order chi connectivity index (χ0) is 64.2. The molecule has 0 saturated carbocycles. The van der Waals surface area contributed by atoms with Crippen molar-refractivity contribution in [2.24, 2.45) is 0 Å². The molecule has 474 valence electrons. The topological polar surface area (TPSA) is 413 Å². The van der Waals surface area contributed by atoms with E-state index in [9.17, 15) is 65.1 Å². The number of hydrogen-bond acceptors (Lipinski definition) is 23. The van der Waals surface area contributed by atoms with Gasteiger partial charge in [0, 0.05) is 31.3 Å². The third-order valence-electron chi connectivity index (χ3n) is 14.2. The number of hydrogen-bond donors (Lipinski definition) is 5. The summed E-state index contributed by atoms with van der Waals surface area (Å²) >= 11 is 0. The van der Waals surface area contributed by atoms with Crippen LogP contribution in [0.5, 0.6) is 34.5 Å². The molecule has 0 aromatic heterocycles. The van der Waals surface area contributed by atoms with Crippen LogP contribution in [0.15, 0.2) is 54.6 Å². The molecule has 7 rings (SSSR count). The Balaban J connectivity index is 0.000000338. The van der Waals surface area contributed by atoms with Gasteiger partial charge in [0.25, 0.3) is 34.6 Å². The number of non-ortho nitro benzene ring substituents is 1. The van der Waals surface area contributed by atoms with E-state index >= 15 is 0 Å². The molecule has 30 nitrogen and oxygen atoms in total. The molecule has 3 aliphatic rings. The first-order valence-corrected chi connectivity index (χ1v) is 27.9. The Morgan fingerprint density at radius 3 is 1.33 bits per heavy atom. The summed E-state index contributed by atoms with van der Waals surface area (Å²) < 4.78 is 33.2. The van der Waals surface area contributed by atoms with Gasteiger partial charge in [0.05, 0.1) is 117 Å². The van der Waals surface area contributed by atoms with Gasteiger partial charge in [-0.1, -0.05) is 0 Å². The Morgan fingerprint density at radius 1 is 0.540 bits per heavy atom. The first kappa shape index (κ1) is 70.4. The van der Waals surface area contributed by atoms with Crippen LogP contribution in [0.1, 0.15) is 119 Å². The average Bonchev–Trinajstić information content (AvgIpc) is 4.29. The smallest absolute Gasteiger partial charge is 0.373 e. The van der Waals surface area contributed by atoms with Crippen molar-refractivity contribution in [2.45, 2.75) is 109 Å². The van der Waals surface area contributed by atoms with E-state index in [1.54, 1.807) is 13.8 Å². The zero-order valence-electron chi connectivity index (χ0n) is 48.7. The van der Waals surface area contributed by atoms with E-state index < -0.39 is 48.9 Å². The predicted molar refractivity (Wildman–Crippen MR) is 307 cm³/mol. The fraction of sp³-hybridized carbons (Fsp3) is 0.509. The summed E-state index contributed by atoms with van der Waals surface area (Å²) in [5.74, 6) is -0.863. The molecule has 4 aromatic carbocycles. The Hall–Kier alpha value is -9.09. The first-order chi connectivity index (χ1) is 41.7. The number of benzene rings is 4. The second-order valence-corrected chi connectivity index (χ2v) is 20.0. The number of unbranched alkanes of at least 4 members (excludes halogenated alkanes) is 4. The normalized spacial score (nSPS) is 15.6. The van der Waals surface area contributed by atoms with Gasteiger partial charge in [-0.15, -0.1) is 0 Å². The Kier molecular flexibility index (Phi) is 29.2. The van der Waals surface area contributed by atoms with E-state index in [0.717, 1.165) is 25.5 Å². The van der Waals surface area contributed by atoms with Crippen molar-refractivity contribution in [1.29, 1.82) is 0 Å². The highest BCUT2D eigenvalue weighted by molar-refractivity contribution is 6.00. The van der Waals surface area contributed by atoms with Gasteiger partial charge in [0.1, 0.15) is 28.2 Å². The summed E-state index contributed by atoms with van der Waals surface area (Å²) in [5, 5.41) is 85.5. The summed E-state index contributed by atoms with van der Waals surface area (Å²) in [6, 6.07) is 11.3. The van der Waals surface area contributed by atoms with Crippen LogP contribution in [0.3, 0.4) is 0 Å². The summed E-state index contributed by atoms with van der Waals surface area (Å²) in [4.78, 5) is 99.6. The maximum Gasteiger partial charge on any atom is 0.373 e. The van der Waals surface area contributed by atoms with E-state index in [4.69, 9.17) is 48.2 Å². The molecule has 0 bridgehead atoms. The van der Waals surface area contributed by atoms with E-state index in [0.29, 0.717) is 113 Å². The lowest BCUT2D eigenvalue weighted by atomic mass is 10.1. The number of carbonyl (C=O) groups excluding carboxylic acids is 4. The molecule has 3 fully saturated rings. The van der Waals surface area contributed by atoms with Crippen LogP contribution < -0.4 is 33.7 Å². The molecule has 5 N–H and O–H groups in total. The Morgan fingerprint density at radius 2 is 0.954 bits per heavy atom. The highest BCUT2D eigenvalue weighted by Gasteiger charge is 2.35. The van der Waals surface area contributed by atoms with Crippen LogP contribution in [0.2, 0.25) is 0 Å². The van der Waals surface area contributed by atoms with Crippen molar-refractivity contribution in [3.8, 4) is 34.5 Å². The number of amides is 2. The van der Waals surface area contributed by atoms with Gasteiger partial charge in [0.15, 0.2) is 23.0 Å². The standard InChI is InChI=1S/C31H40N4O11.C20H22N2O9.C5H11NO.CO2/c1-20-14-23(30(38)32-10-6-8-21(32)18-36)25(34(40)41)16-27(20)45-12-4-3-5-13-46-29-17-26(35(42)43)24(15-28(29)44-2)31(39)33-11-7-9-22(33)19-37;1-13-10-15(20(23)24)16(22(27)28)12-18(13)30-8-4-3-5-9-31-19-11-14(21(25)26)6-7-17(19)29-2;7-4-5-2-1-3-6-5;2-1-3/h14-17,21-22,36-37H,3-13,18-19H2,1-2H3;6-7,10-12H,3-5,8-9H2,1-2H3,(H,23,24);5-7H,1-4H2;/t21-,22-;;5-;/m0.0./s1. The van der Waals surface area contributed by atoms with Crippen LogP contribution in [0, 0.1) is 54.3 Å². The molecule has 87 heavy (non-hydrogen) atoms. The summed E-state index contributed by atoms with van der Waals surface area (Å²) in [7, 11) is 2.82. The van der Waals surface area contributed by atoms with Crippen LogP contribution in [0.4, 0.5) is 22.7 Å². The van der Waals surface area contributed by atoms with E-state index in [-0.39, 0.29) is 102 Å². The minimum atomic E-state index is -1.37. The second-order valence-electron chi connectivity index (χ2n) is 20.0. The number of ether oxygens (including phenoxy) is 6. The van der Waals surface area contributed by atoms with Gasteiger partial charge in [-0.25, -0.2) is 4.79 Å². The number of likely N-dealkylation sites (tertiary alicyclic amines) is 2. The van der Waals surface area contributed by atoms with Crippen LogP contribution >= 0.6 is 0 Å². The number of rotatable bonds is 28. The van der Waals surface area contributed by atoms with Crippen LogP contribution in [-0.2, 0) is 9.59 Å². The highest BCUT2D eigenvalue weighted by Crippen LogP contribution is 2.38. The molecular formula is C57H73N7O23. The third-order valence-corrected chi connectivity index (χ3v) is 14.2. The maximum absolute atomic E-state index is 13.1. The molecule has 3 heterocycles. The summed E-state index contributed by atoms with van der Waals surface area (Å²) in [6.45, 7) is 6.18. The van der Waals surface area contributed by atoms with Crippen molar-refractivity contribution in [3.63, 3.8) is 0 Å². The van der Waals surface area contributed by atoms with Gasteiger partial charge < -0.3 is 64.0 Å². The molecule has 30 heteroatoms. The molecule has 0 aliphatic carbocycles. The Labute approximate surface area is 499 Å². The SMILES string of the molecule is COc1cc(C(=O)N2CCC[C@H]2CO)c([N+](=O)[O-])cc1OCCCCCOc1cc([N+](=O)[O-])c(C(=O)N2CCC[C@H]2CO)cc1C.COc1ccc([N+](=O)[O-])cc1OCCCCCOc1cc([N+](=O)[O-])c(C(=O)O)cc1C.O=C=O.OC[C@@H]1CCCN1. The number of nitro benzene ring substituents is 4. The molecule has 3 saturated heterocycles. The van der Waals surface area contributed by atoms with Crippen LogP contribution in [-0.4, -0.2) is 172 Å². The minimum absolute atomic E-state index is 0.0363. The fourth-order valence-corrected chi connectivity index (χ4v) is 9.64. The number of nitro groups is 4. The highest BCUT2D eigenvalue weighted by atomic mass is 16.6. The van der Waals surface area contributed by atoms with Gasteiger partial charge in [0.2, 0.25) is 0 Å². The lowest BCUT2D eigenvalue weighted by Crippen LogP contribution is -2.37. The molecule has 0 radical (unpaired) electrons. The average molecular weight is 1220 g/mol. The quantitative estimate of drug-likeness (QED) is 0.0218. The van der Waals surface area contributed by atoms with E-state index in [2.05, 4.69) is 5.32 Å². The van der Waals surface area contributed by atoms with E-state index in [1.165, 1.54) is 79.0 Å². The zero-order valence-corrected chi connectivity index (χ0v) is 48.7. The number of aryl methyl sites for hydroxylation is 2. The van der Waals surface area contributed by atoms with Crippen molar-refractivity contribution in [2.75, 3.05) is 80.1 Å². The number of carbonyl (C=O) groups is 3.